The maximum Gasteiger partial charge on any atom is 0.128 e. The number of hydrogen-bond acceptors (Lipinski definition) is 2. The summed E-state index contributed by atoms with van der Waals surface area (Å²) in [5.74, 6) is -0.193. The average Bonchev–Trinajstić information content (AvgIpc) is 2.93. The van der Waals surface area contributed by atoms with Gasteiger partial charge in [0.2, 0.25) is 0 Å². The van der Waals surface area contributed by atoms with E-state index < -0.39 is 0 Å². The Morgan fingerprint density at radius 3 is 2.76 bits per heavy atom. The molecule has 3 rings (SSSR count). The van der Waals surface area contributed by atoms with Gasteiger partial charge < -0.3 is 5.32 Å². The first-order chi connectivity index (χ1) is 10.3. The molecule has 2 aromatic heterocycles. The predicted molar refractivity (Wildman–Crippen MR) is 81.7 cm³/mol. The van der Waals surface area contributed by atoms with Crippen molar-refractivity contribution < 1.29 is 4.39 Å². The lowest BCUT2D eigenvalue weighted by Gasteiger charge is -2.19. The molecule has 0 saturated heterocycles. The van der Waals surface area contributed by atoms with Gasteiger partial charge in [-0.25, -0.2) is 8.91 Å². The normalized spacial score (nSPS) is 12.7. The van der Waals surface area contributed by atoms with E-state index in [0.29, 0.717) is 5.56 Å². The Morgan fingerprint density at radius 1 is 1.14 bits per heavy atom. The Morgan fingerprint density at radius 2 is 1.95 bits per heavy atom. The highest BCUT2D eigenvalue weighted by atomic mass is 19.1. The zero-order valence-electron chi connectivity index (χ0n) is 12.0. The molecule has 0 radical (unpaired) electrons. The molecule has 0 aliphatic carbocycles. The van der Waals surface area contributed by atoms with Crippen LogP contribution in [0, 0.1) is 5.82 Å². The highest BCUT2D eigenvalue weighted by Crippen LogP contribution is 2.27. The van der Waals surface area contributed by atoms with Crippen LogP contribution in [0.2, 0.25) is 0 Å². The summed E-state index contributed by atoms with van der Waals surface area (Å²) < 4.78 is 16.0. The second-order valence-corrected chi connectivity index (χ2v) is 5.04. The highest BCUT2D eigenvalue weighted by Gasteiger charge is 2.20. The van der Waals surface area contributed by atoms with E-state index in [1.165, 1.54) is 6.07 Å². The smallest absolute Gasteiger partial charge is 0.128 e. The summed E-state index contributed by atoms with van der Waals surface area (Å²) in [4.78, 5) is 0. The van der Waals surface area contributed by atoms with Crippen molar-refractivity contribution in [2.75, 3.05) is 6.54 Å². The minimum absolute atomic E-state index is 0.189. The number of halogens is 1. The first kappa shape index (κ1) is 13.8. The maximum atomic E-state index is 14.2. The topological polar surface area (TPSA) is 29.3 Å². The third-order valence-electron chi connectivity index (χ3n) is 3.58. The molecule has 0 aliphatic rings. The summed E-state index contributed by atoms with van der Waals surface area (Å²) in [6.07, 6.45) is 4.70. The molecule has 4 heteroatoms. The number of rotatable bonds is 5. The fourth-order valence-corrected chi connectivity index (χ4v) is 2.56. The van der Waals surface area contributed by atoms with Crippen LogP contribution in [-0.4, -0.2) is 16.2 Å². The van der Waals surface area contributed by atoms with Gasteiger partial charge in [-0.2, -0.15) is 5.10 Å². The van der Waals surface area contributed by atoms with Crippen LogP contribution in [0.1, 0.15) is 30.5 Å². The van der Waals surface area contributed by atoms with Crippen LogP contribution in [0.25, 0.3) is 5.52 Å². The summed E-state index contributed by atoms with van der Waals surface area (Å²) in [6.45, 7) is 2.92. The lowest BCUT2D eigenvalue weighted by molar-refractivity contribution is 0.548. The maximum absolute atomic E-state index is 14.2. The van der Waals surface area contributed by atoms with E-state index >= 15 is 0 Å². The third kappa shape index (κ3) is 2.67. The number of aromatic nitrogens is 2. The van der Waals surface area contributed by atoms with E-state index in [1.807, 2.05) is 47.2 Å². The van der Waals surface area contributed by atoms with E-state index in [2.05, 4.69) is 17.3 Å². The molecule has 3 aromatic rings. The van der Waals surface area contributed by atoms with Crippen LogP contribution in [0.4, 0.5) is 4.39 Å². The predicted octanol–water partition coefficient (Wildman–Crippen LogP) is 3.56. The third-order valence-corrected chi connectivity index (χ3v) is 3.58. The monoisotopic (exact) mass is 283 g/mol. The SMILES string of the molecule is CCCNC(c1ccccc1F)c1cnn2ccccc12. The van der Waals surface area contributed by atoms with Gasteiger partial charge in [0.05, 0.1) is 17.8 Å². The van der Waals surface area contributed by atoms with Gasteiger partial charge in [0, 0.05) is 17.3 Å². The molecule has 1 N–H and O–H groups in total. The molecule has 1 atom stereocenters. The summed E-state index contributed by atoms with van der Waals surface area (Å²) in [5.41, 5.74) is 2.65. The lowest BCUT2D eigenvalue weighted by atomic mass is 9.99. The van der Waals surface area contributed by atoms with Gasteiger partial charge in [0.25, 0.3) is 0 Å². The van der Waals surface area contributed by atoms with Crippen LogP contribution in [0.5, 0.6) is 0 Å². The Balaban J connectivity index is 2.09. The van der Waals surface area contributed by atoms with Crippen molar-refractivity contribution in [2.24, 2.45) is 0 Å². The number of pyridine rings is 1. The van der Waals surface area contributed by atoms with Crippen molar-refractivity contribution in [3.63, 3.8) is 0 Å². The van der Waals surface area contributed by atoms with Crippen LogP contribution >= 0.6 is 0 Å². The Kier molecular flexibility index (Phi) is 3.97. The largest absolute Gasteiger partial charge is 0.306 e. The molecule has 0 bridgehead atoms. The van der Waals surface area contributed by atoms with Crippen LogP contribution < -0.4 is 5.32 Å². The van der Waals surface area contributed by atoms with E-state index in [4.69, 9.17) is 0 Å². The van der Waals surface area contributed by atoms with Crippen molar-refractivity contribution in [1.82, 2.24) is 14.9 Å². The van der Waals surface area contributed by atoms with Crippen molar-refractivity contribution >= 4 is 5.52 Å². The fraction of sp³-hybridized carbons (Fsp3) is 0.235. The molecule has 0 saturated carbocycles. The summed E-state index contributed by atoms with van der Waals surface area (Å²) in [7, 11) is 0. The molecule has 21 heavy (non-hydrogen) atoms. The fourth-order valence-electron chi connectivity index (χ4n) is 2.56. The minimum atomic E-state index is -0.193. The summed E-state index contributed by atoms with van der Waals surface area (Å²) in [6, 6.07) is 12.6. The minimum Gasteiger partial charge on any atom is -0.306 e. The van der Waals surface area contributed by atoms with Crippen LogP contribution in [0.15, 0.2) is 54.9 Å². The zero-order chi connectivity index (χ0) is 14.7. The number of fused-ring (bicyclic) bond motifs is 1. The first-order valence-corrected chi connectivity index (χ1v) is 7.21. The molecule has 1 aromatic carbocycles. The molecule has 0 amide bonds. The highest BCUT2D eigenvalue weighted by molar-refractivity contribution is 5.57. The molecular weight excluding hydrogens is 265 g/mol. The molecule has 108 valence electrons. The second kappa shape index (κ2) is 6.06. The summed E-state index contributed by atoms with van der Waals surface area (Å²) in [5, 5.41) is 7.78. The quantitative estimate of drug-likeness (QED) is 0.775. The lowest BCUT2D eigenvalue weighted by Crippen LogP contribution is -2.24. The van der Waals surface area contributed by atoms with Gasteiger partial charge in [0.1, 0.15) is 5.82 Å². The van der Waals surface area contributed by atoms with Crippen molar-refractivity contribution in [3.8, 4) is 0 Å². The number of nitrogens with zero attached hydrogens (tertiary/aromatic N) is 2. The van der Waals surface area contributed by atoms with Crippen molar-refractivity contribution in [2.45, 2.75) is 19.4 Å². The number of benzene rings is 1. The van der Waals surface area contributed by atoms with Crippen molar-refractivity contribution in [1.29, 1.82) is 0 Å². The van der Waals surface area contributed by atoms with Gasteiger partial charge in [0.15, 0.2) is 0 Å². The Labute approximate surface area is 123 Å². The van der Waals surface area contributed by atoms with E-state index in [1.54, 1.807) is 6.07 Å². The van der Waals surface area contributed by atoms with Gasteiger partial charge in [-0.05, 0) is 31.2 Å². The first-order valence-electron chi connectivity index (χ1n) is 7.21. The average molecular weight is 283 g/mol. The standard InChI is InChI=1S/C17H18FN3/c1-2-10-19-17(13-7-3-4-8-15(13)18)14-12-20-21-11-6-5-9-16(14)21/h3-9,11-12,17,19H,2,10H2,1H3. The summed E-state index contributed by atoms with van der Waals surface area (Å²) >= 11 is 0. The zero-order valence-corrected chi connectivity index (χ0v) is 12.0. The van der Waals surface area contributed by atoms with Gasteiger partial charge >= 0.3 is 0 Å². The van der Waals surface area contributed by atoms with Crippen molar-refractivity contribution in [3.05, 3.63) is 71.8 Å². The molecule has 0 aliphatic heterocycles. The molecule has 2 heterocycles. The molecule has 0 spiro atoms. The second-order valence-electron chi connectivity index (χ2n) is 5.04. The van der Waals surface area contributed by atoms with Crippen LogP contribution in [-0.2, 0) is 0 Å². The van der Waals surface area contributed by atoms with Gasteiger partial charge in [-0.3, -0.25) is 0 Å². The van der Waals surface area contributed by atoms with E-state index in [9.17, 15) is 4.39 Å². The number of nitrogens with one attached hydrogen (secondary N) is 1. The molecule has 1 unspecified atom stereocenters. The van der Waals surface area contributed by atoms with E-state index in [0.717, 1.165) is 24.0 Å². The van der Waals surface area contributed by atoms with Crippen LogP contribution in [0.3, 0.4) is 0 Å². The van der Waals surface area contributed by atoms with E-state index in [-0.39, 0.29) is 11.9 Å². The van der Waals surface area contributed by atoms with Gasteiger partial charge in [-0.1, -0.05) is 31.2 Å². The molecule has 3 nitrogen and oxygen atoms in total. The van der Waals surface area contributed by atoms with Gasteiger partial charge in [-0.15, -0.1) is 0 Å². The Hall–Kier alpha value is -2.20. The number of hydrogen-bond donors (Lipinski definition) is 1. The Bertz CT molecular complexity index is 735. The molecule has 0 fully saturated rings. The molecular formula is C17H18FN3.